The van der Waals surface area contributed by atoms with Gasteiger partial charge in [-0.1, -0.05) is 0 Å². The summed E-state index contributed by atoms with van der Waals surface area (Å²) in [5.41, 5.74) is 1.23. The van der Waals surface area contributed by atoms with Crippen molar-refractivity contribution >= 4 is 0 Å². The van der Waals surface area contributed by atoms with Gasteiger partial charge in [-0.3, -0.25) is 4.90 Å². The Morgan fingerprint density at radius 1 is 1.09 bits per heavy atom. The Morgan fingerprint density at radius 2 is 1.91 bits per heavy atom. The Hall–Kier alpha value is -1.04. The van der Waals surface area contributed by atoms with Crippen molar-refractivity contribution in [1.29, 1.82) is 0 Å². The van der Waals surface area contributed by atoms with E-state index < -0.39 is 0 Å². The Balaban J connectivity index is 1.65. The molecule has 3 rings (SSSR count). The fourth-order valence-corrected chi connectivity index (χ4v) is 3.62. The van der Waals surface area contributed by atoms with E-state index in [2.05, 4.69) is 20.2 Å². The normalized spacial score (nSPS) is 24.3. The Bertz CT molecular complexity index is 414. The van der Waals surface area contributed by atoms with E-state index in [0.717, 1.165) is 38.8 Å². The monoisotopic (exact) mass is 304 g/mol. The third-order valence-corrected chi connectivity index (χ3v) is 4.89. The predicted octanol–water partition coefficient (Wildman–Crippen LogP) is 1.85. The molecule has 1 aromatic rings. The van der Waals surface area contributed by atoms with Crippen LogP contribution in [0.4, 0.5) is 0 Å². The topological polar surface area (TPSA) is 50.3 Å². The van der Waals surface area contributed by atoms with Gasteiger partial charge >= 0.3 is 0 Å². The van der Waals surface area contributed by atoms with Crippen LogP contribution in [-0.4, -0.2) is 53.8 Å². The molecule has 0 bridgehead atoms. The van der Waals surface area contributed by atoms with Crippen molar-refractivity contribution in [2.45, 2.75) is 44.7 Å². The molecule has 1 atom stereocenters. The van der Waals surface area contributed by atoms with Gasteiger partial charge in [0.05, 0.1) is 0 Å². The minimum absolute atomic E-state index is 0.679. The highest BCUT2D eigenvalue weighted by Gasteiger charge is 2.24. The van der Waals surface area contributed by atoms with E-state index in [9.17, 15) is 0 Å². The van der Waals surface area contributed by atoms with Gasteiger partial charge in [-0.25, -0.2) is 9.97 Å². The van der Waals surface area contributed by atoms with E-state index in [1.54, 1.807) is 6.33 Å². The molecule has 122 valence electrons. The van der Waals surface area contributed by atoms with E-state index in [4.69, 9.17) is 4.74 Å². The molecule has 0 unspecified atom stereocenters. The lowest BCUT2D eigenvalue weighted by atomic mass is 9.97. The smallest absolute Gasteiger partial charge is 0.115 e. The molecule has 0 aliphatic carbocycles. The molecule has 0 aromatic carbocycles. The van der Waals surface area contributed by atoms with Crippen molar-refractivity contribution in [3.63, 3.8) is 0 Å². The number of ether oxygens (including phenoxy) is 1. The van der Waals surface area contributed by atoms with E-state index in [1.165, 1.54) is 44.2 Å². The molecule has 22 heavy (non-hydrogen) atoms. The van der Waals surface area contributed by atoms with Crippen LogP contribution >= 0.6 is 0 Å². The van der Waals surface area contributed by atoms with Gasteiger partial charge in [-0.2, -0.15) is 0 Å². The molecule has 0 amide bonds. The van der Waals surface area contributed by atoms with Crippen LogP contribution in [-0.2, 0) is 11.3 Å². The maximum atomic E-state index is 5.52. The van der Waals surface area contributed by atoms with Crippen molar-refractivity contribution in [2.75, 3.05) is 32.8 Å². The molecule has 1 aromatic heterocycles. The van der Waals surface area contributed by atoms with Crippen LogP contribution in [0.15, 0.2) is 18.7 Å². The van der Waals surface area contributed by atoms with Crippen LogP contribution in [0.2, 0.25) is 0 Å². The zero-order valence-corrected chi connectivity index (χ0v) is 13.4. The molecule has 3 heterocycles. The van der Waals surface area contributed by atoms with Crippen LogP contribution in [0.25, 0.3) is 0 Å². The van der Waals surface area contributed by atoms with Crippen molar-refractivity contribution in [3.8, 4) is 0 Å². The van der Waals surface area contributed by atoms with Crippen molar-refractivity contribution in [3.05, 3.63) is 24.3 Å². The van der Waals surface area contributed by atoms with Crippen LogP contribution in [0.5, 0.6) is 0 Å². The number of aromatic nitrogens is 2. The van der Waals surface area contributed by atoms with Gasteiger partial charge in [-0.05, 0) is 51.1 Å². The van der Waals surface area contributed by atoms with Gasteiger partial charge < -0.3 is 10.1 Å². The lowest BCUT2D eigenvalue weighted by Crippen LogP contribution is -2.40. The SMILES string of the molecule is c1ncc(CN(CC2CCOCC2)[C@@H]2CCCNCC2)cn1. The summed E-state index contributed by atoms with van der Waals surface area (Å²) in [6.45, 7) is 6.32. The fraction of sp³-hybridized carbons (Fsp3) is 0.765. The largest absolute Gasteiger partial charge is 0.381 e. The third-order valence-electron chi connectivity index (χ3n) is 4.89. The number of hydrogen-bond donors (Lipinski definition) is 1. The van der Waals surface area contributed by atoms with Gasteiger partial charge in [0, 0.05) is 50.3 Å². The fourth-order valence-electron chi connectivity index (χ4n) is 3.62. The number of hydrogen-bond acceptors (Lipinski definition) is 5. The molecular formula is C17H28N4O. The first-order chi connectivity index (χ1) is 10.9. The minimum Gasteiger partial charge on any atom is -0.381 e. The predicted molar refractivity (Wildman–Crippen MR) is 86.5 cm³/mol. The molecule has 2 saturated heterocycles. The zero-order chi connectivity index (χ0) is 15.0. The van der Waals surface area contributed by atoms with E-state index >= 15 is 0 Å². The van der Waals surface area contributed by atoms with Gasteiger partial charge in [0.15, 0.2) is 0 Å². The average molecular weight is 304 g/mol. The Kier molecular flexibility index (Phi) is 6.16. The zero-order valence-electron chi connectivity index (χ0n) is 13.4. The molecular weight excluding hydrogens is 276 g/mol. The highest BCUT2D eigenvalue weighted by atomic mass is 16.5. The quantitative estimate of drug-likeness (QED) is 0.899. The van der Waals surface area contributed by atoms with Crippen LogP contribution in [0.3, 0.4) is 0 Å². The maximum Gasteiger partial charge on any atom is 0.115 e. The number of nitrogens with zero attached hydrogens (tertiary/aromatic N) is 3. The van der Waals surface area contributed by atoms with Crippen LogP contribution in [0, 0.1) is 5.92 Å². The maximum absolute atomic E-state index is 5.52. The van der Waals surface area contributed by atoms with E-state index in [0.29, 0.717) is 6.04 Å². The highest BCUT2D eigenvalue weighted by Crippen LogP contribution is 2.22. The first-order valence-electron chi connectivity index (χ1n) is 8.68. The molecule has 0 radical (unpaired) electrons. The summed E-state index contributed by atoms with van der Waals surface area (Å²) in [7, 11) is 0. The molecule has 5 heteroatoms. The second-order valence-electron chi connectivity index (χ2n) is 6.57. The van der Waals surface area contributed by atoms with Gasteiger partial charge in [0.25, 0.3) is 0 Å². The summed E-state index contributed by atoms with van der Waals surface area (Å²) < 4.78 is 5.52. The Labute approximate surface area is 133 Å². The van der Waals surface area contributed by atoms with E-state index in [-0.39, 0.29) is 0 Å². The first kappa shape index (κ1) is 15.8. The highest BCUT2D eigenvalue weighted by molar-refractivity contribution is 5.02. The number of rotatable bonds is 5. The molecule has 2 aliphatic rings. The van der Waals surface area contributed by atoms with Crippen molar-refractivity contribution < 1.29 is 4.74 Å². The molecule has 0 spiro atoms. The average Bonchev–Trinajstić information content (AvgIpc) is 2.85. The minimum atomic E-state index is 0.679. The van der Waals surface area contributed by atoms with Gasteiger partial charge in [-0.15, -0.1) is 0 Å². The van der Waals surface area contributed by atoms with Gasteiger partial charge in [0.2, 0.25) is 0 Å². The summed E-state index contributed by atoms with van der Waals surface area (Å²) >= 11 is 0. The third kappa shape index (κ3) is 4.73. The van der Waals surface area contributed by atoms with Crippen LogP contribution in [0.1, 0.15) is 37.7 Å². The summed E-state index contributed by atoms with van der Waals surface area (Å²) in [4.78, 5) is 11.0. The molecule has 1 N–H and O–H groups in total. The second kappa shape index (κ2) is 8.56. The lowest BCUT2D eigenvalue weighted by molar-refractivity contribution is 0.0417. The van der Waals surface area contributed by atoms with E-state index in [1.807, 2.05) is 12.4 Å². The molecule has 0 saturated carbocycles. The summed E-state index contributed by atoms with van der Waals surface area (Å²) in [5, 5.41) is 3.53. The molecule has 5 nitrogen and oxygen atoms in total. The molecule has 2 fully saturated rings. The lowest BCUT2D eigenvalue weighted by Gasteiger charge is -2.35. The summed E-state index contributed by atoms with van der Waals surface area (Å²) in [6, 6.07) is 0.679. The molecule has 2 aliphatic heterocycles. The first-order valence-corrected chi connectivity index (χ1v) is 8.68. The Morgan fingerprint density at radius 3 is 2.73 bits per heavy atom. The van der Waals surface area contributed by atoms with Crippen molar-refractivity contribution in [1.82, 2.24) is 20.2 Å². The standard InChI is InChI=1S/C17H28N4O/c1-2-17(3-7-18-6-1)21(12-15-4-8-22-9-5-15)13-16-10-19-14-20-11-16/h10-11,14-15,17-18H,1-9,12-13H2/t17-/m1/s1. The van der Waals surface area contributed by atoms with Crippen LogP contribution < -0.4 is 5.32 Å². The van der Waals surface area contributed by atoms with Gasteiger partial charge in [0.1, 0.15) is 6.33 Å². The van der Waals surface area contributed by atoms with Crippen molar-refractivity contribution in [2.24, 2.45) is 5.92 Å². The number of nitrogens with one attached hydrogen (secondary N) is 1. The summed E-state index contributed by atoms with van der Waals surface area (Å²) in [6.07, 6.45) is 11.8. The second-order valence-corrected chi connectivity index (χ2v) is 6.57. The summed E-state index contributed by atoms with van der Waals surface area (Å²) in [5.74, 6) is 0.773.